The van der Waals surface area contributed by atoms with Gasteiger partial charge in [-0.05, 0) is 34.9 Å². The molecule has 3 aromatic carbocycles. The lowest BCUT2D eigenvalue weighted by atomic mass is 9.97. The van der Waals surface area contributed by atoms with E-state index in [0.29, 0.717) is 12.2 Å². The molecule has 1 aromatic heterocycles. The van der Waals surface area contributed by atoms with E-state index < -0.39 is 12.2 Å². The minimum Gasteiger partial charge on any atom is -0.397 e. The van der Waals surface area contributed by atoms with Gasteiger partial charge < -0.3 is 26.2 Å². The van der Waals surface area contributed by atoms with Crippen LogP contribution in [-0.4, -0.2) is 81.5 Å². The molecule has 4 N–H and O–H groups in total. The number of nitrogens with one attached hydrogen (secondary N) is 2. The summed E-state index contributed by atoms with van der Waals surface area (Å²) in [6.07, 6.45) is 1.17. The van der Waals surface area contributed by atoms with E-state index in [1.54, 1.807) is 49.8 Å². The topological polar surface area (TPSA) is 127 Å². The molecule has 0 saturated carbocycles. The smallest absolute Gasteiger partial charge is 0.334 e. The number of rotatable bonds is 9. The average Bonchev–Trinajstić information content (AvgIpc) is 3.53. The van der Waals surface area contributed by atoms with E-state index in [9.17, 15) is 14.4 Å². The molecule has 3 heterocycles. The highest BCUT2D eigenvalue weighted by Gasteiger charge is 2.51. The molecule has 0 radical (unpaired) electrons. The van der Waals surface area contributed by atoms with Gasteiger partial charge in [-0.1, -0.05) is 54.6 Å². The molecule has 6 rings (SSSR count). The minimum atomic E-state index is -0.846. The van der Waals surface area contributed by atoms with Crippen LogP contribution in [0.15, 0.2) is 84.9 Å². The van der Waals surface area contributed by atoms with Crippen molar-refractivity contribution in [2.45, 2.75) is 31.7 Å². The third-order valence-corrected chi connectivity index (χ3v) is 9.08. The Labute approximate surface area is 265 Å². The summed E-state index contributed by atoms with van der Waals surface area (Å²) in [6.45, 7) is 4.81. The van der Waals surface area contributed by atoms with Crippen LogP contribution in [0.25, 0.3) is 10.2 Å². The molecule has 232 valence electrons. The Balaban J connectivity index is 1.37. The normalized spacial score (nSPS) is 18.6. The van der Waals surface area contributed by atoms with Crippen molar-refractivity contribution < 1.29 is 14.4 Å². The third-order valence-electron chi connectivity index (χ3n) is 8.28. The van der Waals surface area contributed by atoms with Crippen molar-refractivity contribution >= 4 is 50.8 Å². The van der Waals surface area contributed by atoms with Crippen molar-refractivity contribution in [3.63, 3.8) is 0 Å². The van der Waals surface area contributed by atoms with Crippen molar-refractivity contribution in [2.75, 3.05) is 37.7 Å². The Morgan fingerprint density at radius 2 is 1.93 bits per heavy atom. The molecule has 2 aliphatic rings. The Morgan fingerprint density at radius 3 is 2.69 bits per heavy atom. The van der Waals surface area contributed by atoms with Gasteiger partial charge in [-0.15, -0.1) is 17.9 Å². The molecule has 4 aromatic rings. The van der Waals surface area contributed by atoms with E-state index >= 15 is 0 Å². The van der Waals surface area contributed by atoms with Crippen LogP contribution in [0.4, 0.5) is 16.2 Å². The Morgan fingerprint density at radius 1 is 1.11 bits per heavy atom. The molecule has 12 heteroatoms. The van der Waals surface area contributed by atoms with E-state index in [1.807, 2.05) is 66.7 Å². The second kappa shape index (κ2) is 13.0. The largest absolute Gasteiger partial charge is 0.397 e. The van der Waals surface area contributed by atoms with Gasteiger partial charge >= 0.3 is 6.03 Å². The van der Waals surface area contributed by atoms with E-state index in [2.05, 4.69) is 22.2 Å². The second-order valence-corrected chi connectivity index (χ2v) is 12.0. The molecule has 2 saturated heterocycles. The van der Waals surface area contributed by atoms with Crippen LogP contribution in [0, 0.1) is 0 Å². The van der Waals surface area contributed by atoms with Gasteiger partial charge in [-0.25, -0.2) is 19.8 Å². The van der Waals surface area contributed by atoms with Crippen molar-refractivity contribution in [1.82, 2.24) is 30.1 Å². The van der Waals surface area contributed by atoms with Gasteiger partial charge in [0.1, 0.15) is 12.2 Å². The number of piperazine rings is 1. The van der Waals surface area contributed by atoms with Gasteiger partial charge in [0, 0.05) is 33.1 Å². The summed E-state index contributed by atoms with van der Waals surface area (Å²) in [5.41, 5.74) is 12.9. The highest BCUT2D eigenvalue weighted by molar-refractivity contribution is 7.16. The van der Waals surface area contributed by atoms with E-state index in [-0.39, 0.29) is 50.4 Å². The number of hydrogen-bond donors (Lipinski definition) is 3. The van der Waals surface area contributed by atoms with Gasteiger partial charge in [-0.2, -0.15) is 0 Å². The average molecular weight is 625 g/mol. The highest BCUT2D eigenvalue weighted by atomic mass is 32.1. The molecule has 0 unspecified atom stereocenters. The van der Waals surface area contributed by atoms with Crippen LogP contribution in [0.3, 0.4) is 0 Å². The molecule has 4 amide bonds. The number of para-hydroxylation sites is 1. The number of aromatic nitrogens is 1. The first-order valence-corrected chi connectivity index (χ1v) is 15.7. The number of urea groups is 1. The summed E-state index contributed by atoms with van der Waals surface area (Å²) in [6, 6.07) is 20.0. The van der Waals surface area contributed by atoms with Crippen LogP contribution in [-0.2, 0) is 29.1 Å². The molecule has 0 aliphatic carbocycles. The summed E-state index contributed by atoms with van der Waals surface area (Å²) >= 11 is 1.54. The molecular weight excluding hydrogens is 588 g/mol. The number of thiazole rings is 1. The van der Waals surface area contributed by atoms with Gasteiger partial charge in [0.15, 0.2) is 0 Å². The lowest BCUT2D eigenvalue weighted by Gasteiger charge is -2.55. The fourth-order valence-corrected chi connectivity index (χ4v) is 6.89. The Hall–Kier alpha value is -4.94. The molecule has 2 fully saturated rings. The van der Waals surface area contributed by atoms with E-state index in [0.717, 1.165) is 32.6 Å². The molecule has 0 spiro atoms. The molecular formula is C33H36N8O3S. The zero-order chi connectivity index (χ0) is 31.5. The van der Waals surface area contributed by atoms with Crippen LogP contribution in [0.1, 0.15) is 16.7 Å². The first-order valence-electron chi connectivity index (χ1n) is 14.8. The number of fused-ring (bicyclic) bond motifs is 2. The lowest BCUT2D eigenvalue weighted by molar-refractivity contribution is -0.189. The monoisotopic (exact) mass is 624 g/mol. The van der Waals surface area contributed by atoms with Crippen LogP contribution in [0.2, 0.25) is 0 Å². The lowest BCUT2D eigenvalue weighted by Crippen LogP contribution is -2.76. The van der Waals surface area contributed by atoms with E-state index in [1.165, 1.54) is 0 Å². The summed E-state index contributed by atoms with van der Waals surface area (Å²) in [5.74, 6) is -0.418. The molecule has 45 heavy (non-hydrogen) atoms. The van der Waals surface area contributed by atoms with Gasteiger partial charge in [0.2, 0.25) is 11.8 Å². The number of nitrogens with two attached hydrogens (primary N) is 1. The van der Waals surface area contributed by atoms with Gasteiger partial charge in [0.05, 0.1) is 40.2 Å². The third kappa shape index (κ3) is 6.06. The summed E-state index contributed by atoms with van der Waals surface area (Å²) in [7, 11) is 1.79. The standard InChI is InChI=1S/C33H36N8O3S/c1-3-14-39-20-30(42)40-27(16-23-12-13-26(35-2)25(34)15-23)32(43)38(18-24-10-7-11-28-31(24)37-21-45-28)19-29(40)41(39)33(44)36-17-22-8-5-4-6-9-22/h3-13,15,21,27,29,35H,1,14,16-20,34H2,2H3,(H,36,44)/t27-,29-/m0/s1. The van der Waals surface area contributed by atoms with Crippen molar-refractivity contribution in [2.24, 2.45) is 0 Å². The SMILES string of the molecule is C=CCN1CC(=O)N2[C@@H](Cc3ccc(NC)c(N)c3)C(=O)N(Cc3cccc4scnc34)C[C@@H]2N1C(=O)NCc1ccccc1. The number of carbonyl (C=O) groups excluding carboxylic acids is 3. The fraction of sp³-hybridized carbons (Fsp3) is 0.273. The number of hydrazine groups is 1. The minimum absolute atomic E-state index is 0.0655. The maximum atomic E-state index is 14.3. The van der Waals surface area contributed by atoms with Crippen molar-refractivity contribution in [1.29, 1.82) is 0 Å². The number of anilines is 2. The van der Waals surface area contributed by atoms with Crippen molar-refractivity contribution in [3.8, 4) is 0 Å². The number of nitrogens with zero attached hydrogens (tertiary/aromatic N) is 5. The number of amides is 4. The number of carbonyl (C=O) groups is 3. The zero-order valence-electron chi connectivity index (χ0n) is 25.1. The number of nitrogen functional groups attached to an aromatic ring is 1. The number of benzene rings is 3. The first kappa shape index (κ1) is 30.1. The summed E-state index contributed by atoms with van der Waals surface area (Å²) < 4.78 is 1.03. The van der Waals surface area contributed by atoms with E-state index in [4.69, 9.17) is 5.73 Å². The van der Waals surface area contributed by atoms with Crippen LogP contribution < -0.4 is 16.4 Å². The van der Waals surface area contributed by atoms with Crippen LogP contribution in [0.5, 0.6) is 0 Å². The molecule has 2 aliphatic heterocycles. The van der Waals surface area contributed by atoms with Gasteiger partial charge in [-0.3, -0.25) is 9.59 Å². The maximum absolute atomic E-state index is 14.3. The molecule has 2 atom stereocenters. The maximum Gasteiger partial charge on any atom is 0.334 e. The van der Waals surface area contributed by atoms with Crippen LogP contribution >= 0.6 is 11.3 Å². The predicted molar refractivity (Wildman–Crippen MR) is 176 cm³/mol. The number of hydrogen-bond acceptors (Lipinski definition) is 8. The second-order valence-electron chi connectivity index (χ2n) is 11.1. The fourth-order valence-electron chi connectivity index (χ4n) is 6.17. The molecule has 0 bridgehead atoms. The van der Waals surface area contributed by atoms with Crippen molar-refractivity contribution in [3.05, 3.63) is 102 Å². The highest BCUT2D eigenvalue weighted by Crippen LogP contribution is 2.31. The summed E-state index contributed by atoms with van der Waals surface area (Å²) in [4.78, 5) is 50.0. The Kier molecular flexibility index (Phi) is 8.67. The quantitative estimate of drug-likeness (QED) is 0.192. The summed E-state index contributed by atoms with van der Waals surface area (Å²) in [5, 5.41) is 9.36. The van der Waals surface area contributed by atoms with Gasteiger partial charge in [0.25, 0.3) is 0 Å². The predicted octanol–water partition coefficient (Wildman–Crippen LogP) is 3.66. The Bertz CT molecular complexity index is 1730. The molecule has 11 nitrogen and oxygen atoms in total. The zero-order valence-corrected chi connectivity index (χ0v) is 25.9. The first-order chi connectivity index (χ1) is 21.9.